The summed E-state index contributed by atoms with van der Waals surface area (Å²) in [5.74, 6) is 0. The molecule has 2 aromatic rings. The minimum Gasteiger partial charge on any atom is -0.251 e. The van der Waals surface area contributed by atoms with E-state index in [1.807, 2.05) is 0 Å². The smallest absolute Gasteiger partial charge is 0.251 e. The van der Waals surface area contributed by atoms with Crippen molar-refractivity contribution >= 4 is 0 Å². The van der Waals surface area contributed by atoms with Gasteiger partial charge in [0.1, 0.15) is 0 Å². The highest BCUT2D eigenvalue weighted by molar-refractivity contribution is 5.67. The van der Waals surface area contributed by atoms with E-state index in [0.717, 1.165) is 24.4 Å². The Balaban J connectivity index is 2.59. The van der Waals surface area contributed by atoms with E-state index in [0.29, 0.717) is 6.07 Å². The maximum absolute atomic E-state index is 12.8. The molecule has 2 rings (SSSR count). The summed E-state index contributed by atoms with van der Waals surface area (Å²) in [5, 5.41) is 0. The van der Waals surface area contributed by atoms with Crippen molar-refractivity contribution < 1.29 is 26.3 Å². The fourth-order valence-electron chi connectivity index (χ4n) is 1.73. The van der Waals surface area contributed by atoms with Gasteiger partial charge in [-0.2, -0.15) is 26.3 Å². The fourth-order valence-corrected chi connectivity index (χ4v) is 1.73. The van der Waals surface area contributed by atoms with Gasteiger partial charge in [-0.25, -0.2) is 0 Å². The zero-order valence-electron chi connectivity index (χ0n) is 9.76. The molecule has 0 saturated carbocycles. The van der Waals surface area contributed by atoms with E-state index in [9.17, 15) is 26.3 Å². The van der Waals surface area contributed by atoms with Crippen LogP contribution in [0.1, 0.15) is 11.3 Å². The molecule has 1 nitrogen and oxygen atoms in total. The molecule has 0 atom stereocenters. The molecule has 7 heteroatoms. The Morgan fingerprint density at radius 1 is 0.800 bits per heavy atom. The third kappa shape index (κ3) is 2.92. The lowest BCUT2D eigenvalue weighted by molar-refractivity contribution is -0.140. The molecule has 0 N–H and O–H groups in total. The predicted octanol–water partition coefficient (Wildman–Crippen LogP) is 4.79. The molecule has 0 fully saturated rings. The van der Waals surface area contributed by atoms with Gasteiger partial charge < -0.3 is 0 Å². The highest BCUT2D eigenvalue weighted by Gasteiger charge is 2.36. The van der Waals surface area contributed by atoms with Crippen molar-refractivity contribution in [2.75, 3.05) is 0 Å². The summed E-state index contributed by atoms with van der Waals surface area (Å²) in [5.41, 5.74) is -2.78. The van der Waals surface area contributed by atoms with Gasteiger partial charge in [-0.3, -0.25) is 4.98 Å². The van der Waals surface area contributed by atoms with Gasteiger partial charge in [-0.15, -0.1) is 0 Å². The minimum absolute atomic E-state index is 0.180. The molecule has 0 radical (unpaired) electrons. The first-order valence-corrected chi connectivity index (χ1v) is 5.39. The molecule has 0 spiro atoms. The van der Waals surface area contributed by atoms with Crippen LogP contribution in [0, 0.1) is 0 Å². The number of aromatic nitrogens is 1. The second-order valence-corrected chi connectivity index (χ2v) is 3.98. The molecule has 0 amide bonds. The van der Waals surface area contributed by atoms with E-state index in [1.54, 1.807) is 0 Å². The highest BCUT2D eigenvalue weighted by Crippen LogP contribution is 2.37. The van der Waals surface area contributed by atoms with Gasteiger partial charge in [0, 0.05) is 11.8 Å². The van der Waals surface area contributed by atoms with Crippen LogP contribution in [0.5, 0.6) is 0 Å². The minimum atomic E-state index is -4.73. The number of halogens is 6. The second-order valence-electron chi connectivity index (χ2n) is 3.98. The number of pyridine rings is 1. The maximum Gasteiger partial charge on any atom is 0.433 e. The number of hydrogen-bond donors (Lipinski definition) is 0. The molecule has 1 aromatic carbocycles. The Bertz CT molecular complexity index is 615. The molecule has 1 heterocycles. The number of hydrogen-bond acceptors (Lipinski definition) is 1. The highest BCUT2D eigenvalue weighted by atomic mass is 19.4. The van der Waals surface area contributed by atoms with E-state index in [-0.39, 0.29) is 11.1 Å². The van der Waals surface area contributed by atoms with Gasteiger partial charge in [-0.05, 0) is 23.8 Å². The van der Waals surface area contributed by atoms with Crippen LogP contribution in [-0.2, 0) is 12.4 Å². The van der Waals surface area contributed by atoms with Crippen LogP contribution in [0.4, 0.5) is 26.3 Å². The molecular formula is C13H7F6N. The Hall–Kier alpha value is -2.05. The monoisotopic (exact) mass is 291 g/mol. The first-order chi connectivity index (χ1) is 9.19. The van der Waals surface area contributed by atoms with Gasteiger partial charge in [0.05, 0.1) is 5.56 Å². The van der Waals surface area contributed by atoms with Crippen molar-refractivity contribution in [3.8, 4) is 11.1 Å². The van der Waals surface area contributed by atoms with Gasteiger partial charge in [0.25, 0.3) is 0 Å². The van der Waals surface area contributed by atoms with Crippen molar-refractivity contribution in [1.29, 1.82) is 0 Å². The molecule has 1 aromatic heterocycles. The predicted molar refractivity (Wildman–Crippen MR) is 59.7 cm³/mol. The van der Waals surface area contributed by atoms with E-state index in [4.69, 9.17) is 0 Å². The van der Waals surface area contributed by atoms with E-state index in [2.05, 4.69) is 4.98 Å². The second kappa shape index (κ2) is 4.81. The van der Waals surface area contributed by atoms with Gasteiger partial charge in [0.15, 0.2) is 5.69 Å². The number of nitrogens with zero attached hydrogens (tertiary/aromatic N) is 1. The summed E-state index contributed by atoms with van der Waals surface area (Å²) in [4.78, 5) is 3.21. The van der Waals surface area contributed by atoms with Crippen LogP contribution in [0.25, 0.3) is 11.1 Å². The van der Waals surface area contributed by atoms with E-state index in [1.165, 1.54) is 12.1 Å². The fraction of sp³-hybridized carbons (Fsp3) is 0.154. The molecule has 0 aliphatic heterocycles. The molecule has 0 unspecified atom stereocenters. The molecule has 0 aliphatic rings. The SMILES string of the molecule is FC(F)(F)c1cccc(-c2cccnc2C(F)(F)F)c1. The molecule has 106 valence electrons. The van der Waals surface area contributed by atoms with Crippen LogP contribution in [-0.4, -0.2) is 4.98 Å². The van der Waals surface area contributed by atoms with Gasteiger partial charge in [-0.1, -0.05) is 18.2 Å². The standard InChI is InChI=1S/C13H7F6N/c14-12(15,16)9-4-1-3-8(7-9)10-5-2-6-20-11(10)13(17,18)19/h1-7H. The molecule has 20 heavy (non-hydrogen) atoms. The van der Waals surface area contributed by atoms with Crippen molar-refractivity contribution in [2.24, 2.45) is 0 Å². The lowest BCUT2D eigenvalue weighted by atomic mass is 10.0. The van der Waals surface area contributed by atoms with Crippen LogP contribution in [0.3, 0.4) is 0 Å². The number of rotatable bonds is 1. The molecule has 0 aliphatic carbocycles. The Morgan fingerprint density at radius 3 is 2.10 bits per heavy atom. The van der Waals surface area contributed by atoms with Crippen molar-refractivity contribution in [3.63, 3.8) is 0 Å². The van der Waals surface area contributed by atoms with Crippen molar-refractivity contribution in [2.45, 2.75) is 12.4 Å². The van der Waals surface area contributed by atoms with Crippen molar-refractivity contribution in [1.82, 2.24) is 4.98 Å². The number of benzene rings is 1. The largest absolute Gasteiger partial charge is 0.433 e. The summed E-state index contributed by atoms with van der Waals surface area (Å²) in [6, 6.07) is 6.04. The lowest BCUT2D eigenvalue weighted by Crippen LogP contribution is -2.10. The maximum atomic E-state index is 12.8. The van der Waals surface area contributed by atoms with Crippen molar-refractivity contribution in [3.05, 3.63) is 53.9 Å². The Labute approximate surface area is 109 Å². The number of alkyl halides is 6. The van der Waals surface area contributed by atoms with Crippen LogP contribution in [0.15, 0.2) is 42.6 Å². The average molecular weight is 291 g/mol. The summed E-state index contributed by atoms with van der Waals surface area (Å²) < 4.78 is 76.1. The topological polar surface area (TPSA) is 12.9 Å². The zero-order valence-corrected chi connectivity index (χ0v) is 9.76. The molecule has 0 saturated heterocycles. The average Bonchev–Trinajstić information content (AvgIpc) is 2.37. The van der Waals surface area contributed by atoms with Crippen LogP contribution in [0.2, 0.25) is 0 Å². The Morgan fingerprint density at radius 2 is 1.50 bits per heavy atom. The van der Waals surface area contributed by atoms with Gasteiger partial charge >= 0.3 is 12.4 Å². The first kappa shape index (κ1) is 14.4. The summed E-state index contributed by atoms with van der Waals surface area (Å²) in [6.07, 6.45) is -8.40. The molecule has 0 bridgehead atoms. The Kier molecular flexibility index (Phi) is 3.45. The summed E-state index contributed by atoms with van der Waals surface area (Å²) >= 11 is 0. The summed E-state index contributed by atoms with van der Waals surface area (Å²) in [7, 11) is 0. The van der Waals surface area contributed by atoms with E-state index < -0.39 is 23.6 Å². The third-order valence-electron chi connectivity index (χ3n) is 2.58. The first-order valence-electron chi connectivity index (χ1n) is 5.39. The zero-order chi connectivity index (χ0) is 15.0. The van der Waals surface area contributed by atoms with Gasteiger partial charge in [0.2, 0.25) is 0 Å². The van der Waals surface area contributed by atoms with E-state index >= 15 is 0 Å². The normalized spacial score (nSPS) is 12.5. The van der Waals surface area contributed by atoms with Crippen LogP contribution < -0.4 is 0 Å². The third-order valence-corrected chi connectivity index (χ3v) is 2.58. The lowest BCUT2D eigenvalue weighted by Gasteiger charge is -2.13. The molecular weight excluding hydrogens is 284 g/mol. The quantitative estimate of drug-likeness (QED) is 0.689. The van der Waals surface area contributed by atoms with Crippen LogP contribution >= 0.6 is 0 Å². The summed E-state index contributed by atoms with van der Waals surface area (Å²) in [6.45, 7) is 0.